The van der Waals surface area contributed by atoms with Crippen LogP contribution in [0.4, 0.5) is 0 Å². The van der Waals surface area contributed by atoms with Gasteiger partial charge in [-0.05, 0) is 29.8 Å². The van der Waals surface area contributed by atoms with E-state index in [1.54, 1.807) is 19.2 Å². The molecule has 0 aliphatic carbocycles. The fraction of sp³-hybridized carbons (Fsp3) is 0.250. The lowest BCUT2D eigenvalue weighted by Gasteiger charge is -2.28. The second-order valence-electron chi connectivity index (χ2n) is 7.98. The fourth-order valence-electron chi connectivity index (χ4n) is 3.93. The smallest absolute Gasteiger partial charge is 0.300 e. The van der Waals surface area contributed by atoms with E-state index in [2.05, 4.69) is 16.7 Å². The van der Waals surface area contributed by atoms with Gasteiger partial charge in [-0.2, -0.15) is 0 Å². The lowest BCUT2D eigenvalue weighted by Crippen LogP contribution is -2.47. The molecule has 0 radical (unpaired) electrons. The van der Waals surface area contributed by atoms with E-state index in [0.29, 0.717) is 37.2 Å². The van der Waals surface area contributed by atoms with Crippen LogP contribution >= 0.6 is 0 Å². The number of hydrogen-bond acceptors (Lipinski definition) is 5. The van der Waals surface area contributed by atoms with Crippen molar-refractivity contribution in [1.29, 1.82) is 0 Å². The predicted octanol–water partition coefficient (Wildman–Crippen LogP) is 0.653. The van der Waals surface area contributed by atoms with Crippen molar-refractivity contribution in [2.45, 2.75) is 24.4 Å². The molecule has 2 N–H and O–H groups in total. The summed E-state index contributed by atoms with van der Waals surface area (Å²) in [5, 5.41) is 5.13. The number of aromatic nitrogens is 2. The van der Waals surface area contributed by atoms with Crippen molar-refractivity contribution >= 4 is 10.0 Å². The summed E-state index contributed by atoms with van der Waals surface area (Å²) in [7, 11) is -2.14. The number of benzene rings is 2. The number of nitrogens with two attached hydrogens (primary N) is 1. The topological polar surface area (TPSA) is 107 Å². The summed E-state index contributed by atoms with van der Waals surface area (Å²) in [6.07, 6.45) is 0.591. The summed E-state index contributed by atoms with van der Waals surface area (Å²) >= 11 is 0. The van der Waals surface area contributed by atoms with Crippen LogP contribution < -0.4 is 16.4 Å². The number of primary sulfonamides is 1. The van der Waals surface area contributed by atoms with E-state index in [9.17, 15) is 18.0 Å². The van der Waals surface area contributed by atoms with Crippen LogP contribution in [0.1, 0.15) is 22.4 Å². The lowest BCUT2D eigenvalue weighted by molar-refractivity contribution is 0.275. The van der Waals surface area contributed by atoms with Gasteiger partial charge in [0.2, 0.25) is 10.0 Å². The summed E-state index contributed by atoms with van der Waals surface area (Å²) in [5.74, 6) is 6.29. The molecule has 0 atom stereocenters. The number of rotatable bonds is 4. The van der Waals surface area contributed by atoms with E-state index in [4.69, 9.17) is 5.14 Å². The van der Waals surface area contributed by atoms with Crippen molar-refractivity contribution in [2.75, 3.05) is 13.1 Å². The Hall–Kier alpha value is -3.45. The van der Waals surface area contributed by atoms with E-state index >= 15 is 0 Å². The Morgan fingerprint density at radius 3 is 2.39 bits per heavy atom. The van der Waals surface area contributed by atoms with E-state index in [1.807, 2.05) is 30.3 Å². The Morgan fingerprint density at radius 1 is 1.03 bits per heavy atom. The molecule has 170 valence electrons. The number of nitrogens with zero attached hydrogens (tertiary/aromatic N) is 3. The summed E-state index contributed by atoms with van der Waals surface area (Å²) in [6.45, 7) is 1.68. The Labute approximate surface area is 192 Å². The van der Waals surface area contributed by atoms with Crippen LogP contribution in [0, 0.1) is 11.8 Å². The van der Waals surface area contributed by atoms with Crippen LogP contribution in [-0.4, -0.2) is 35.5 Å². The van der Waals surface area contributed by atoms with Gasteiger partial charge in [-0.3, -0.25) is 14.3 Å². The molecule has 0 fully saturated rings. The van der Waals surface area contributed by atoms with Gasteiger partial charge >= 0.3 is 5.69 Å². The quantitative estimate of drug-likeness (QED) is 0.571. The monoisotopic (exact) mass is 464 g/mol. The van der Waals surface area contributed by atoms with Crippen LogP contribution in [0.25, 0.3) is 0 Å². The fourth-order valence-corrected chi connectivity index (χ4v) is 4.45. The molecule has 1 aliphatic heterocycles. The summed E-state index contributed by atoms with van der Waals surface area (Å²) in [4.78, 5) is 28.2. The zero-order valence-corrected chi connectivity index (χ0v) is 19.0. The average molecular weight is 465 g/mol. The first-order chi connectivity index (χ1) is 15.7. The summed E-state index contributed by atoms with van der Waals surface area (Å²) in [5.41, 5.74) is 2.18. The zero-order chi connectivity index (χ0) is 23.6. The molecule has 8 nitrogen and oxygen atoms in total. The molecule has 1 aliphatic rings. The predicted molar refractivity (Wildman–Crippen MR) is 125 cm³/mol. The Balaban J connectivity index is 1.59. The minimum atomic E-state index is -3.81. The van der Waals surface area contributed by atoms with Crippen LogP contribution in [-0.2, 0) is 36.6 Å². The summed E-state index contributed by atoms with van der Waals surface area (Å²) in [6, 6.07) is 15.5. The van der Waals surface area contributed by atoms with Gasteiger partial charge < -0.3 is 4.57 Å². The van der Waals surface area contributed by atoms with E-state index in [-0.39, 0.29) is 17.0 Å². The zero-order valence-electron chi connectivity index (χ0n) is 18.2. The highest BCUT2D eigenvalue weighted by atomic mass is 32.2. The molecular formula is C24H24N4O4S. The van der Waals surface area contributed by atoms with Crippen molar-refractivity contribution in [3.63, 3.8) is 0 Å². The van der Waals surface area contributed by atoms with Gasteiger partial charge in [0, 0.05) is 37.8 Å². The highest BCUT2D eigenvalue weighted by Gasteiger charge is 2.23. The molecule has 0 saturated carbocycles. The van der Waals surface area contributed by atoms with E-state index in [0.717, 1.165) is 11.3 Å². The number of hydrogen-bond donors (Lipinski definition) is 1. The third kappa shape index (κ3) is 4.98. The molecule has 3 aromatic rings. The Kier molecular flexibility index (Phi) is 6.33. The Bertz CT molecular complexity index is 1460. The molecule has 33 heavy (non-hydrogen) atoms. The normalized spacial score (nSPS) is 13.8. The van der Waals surface area contributed by atoms with Crippen LogP contribution in [0.2, 0.25) is 0 Å². The lowest BCUT2D eigenvalue weighted by atomic mass is 10.1. The number of fused-ring (bicyclic) bond motifs is 1. The molecule has 9 heteroatoms. The van der Waals surface area contributed by atoms with Crippen LogP contribution in [0.5, 0.6) is 0 Å². The average Bonchev–Trinajstić information content (AvgIpc) is 2.81. The van der Waals surface area contributed by atoms with E-state index in [1.165, 1.54) is 21.3 Å². The van der Waals surface area contributed by atoms with Gasteiger partial charge in [-0.1, -0.05) is 42.2 Å². The minimum Gasteiger partial charge on any atom is -0.300 e. The third-order valence-corrected chi connectivity index (χ3v) is 6.65. The molecule has 0 bridgehead atoms. The van der Waals surface area contributed by atoms with E-state index < -0.39 is 15.7 Å². The highest BCUT2D eigenvalue weighted by molar-refractivity contribution is 7.89. The van der Waals surface area contributed by atoms with Gasteiger partial charge in [0.05, 0.1) is 23.5 Å². The van der Waals surface area contributed by atoms with Gasteiger partial charge in [0.25, 0.3) is 5.56 Å². The molecule has 0 spiro atoms. The minimum absolute atomic E-state index is 0.0239. The third-order valence-electron chi connectivity index (χ3n) is 5.72. The van der Waals surface area contributed by atoms with Gasteiger partial charge in [0.15, 0.2) is 0 Å². The maximum Gasteiger partial charge on any atom is 0.331 e. The van der Waals surface area contributed by atoms with Gasteiger partial charge in [-0.15, -0.1) is 0 Å². The molecular weight excluding hydrogens is 440 g/mol. The van der Waals surface area contributed by atoms with Crippen molar-refractivity contribution in [1.82, 2.24) is 14.0 Å². The molecule has 4 rings (SSSR count). The first-order valence-corrected chi connectivity index (χ1v) is 12.0. The maximum atomic E-state index is 13.2. The molecule has 0 amide bonds. The second kappa shape index (κ2) is 9.19. The molecule has 1 aromatic heterocycles. The van der Waals surface area contributed by atoms with Crippen molar-refractivity contribution in [2.24, 2.45) is 12.2 Å². The van der Waals surface area contributed by atoms with Crippen molar-refractivity contribution < 1.29 is 8.42 Å². The standard InChI is InChI=1S/C24H24N4O4S/c1-26-22-13-15-27(14-5-8-18-6-3-2-4-7-18)17-21(22)23(29)28(24(26)30)16-19-9-11-20(12-10-19)33(25,31)32/h2-4,6-7,9-12H,13-17H2,1H3,(H2,25,31,32). The van der Waals surface area contributed by atoms with Crippen LogP contribution in [0.15, 0.2) is 69.1 Å². The maximum absolute atomic E-state index is 13.2. The molecule has 2 heterocycles. The van der Waals surface area contributed by atoms with Gasteiger partial charge in [0.1, 0.15) is 0 Å². The van der Waals surface area contributed by atoms with Crippen LogP contribution in [0.3, 0.4) is 0 Å². The number of sulfonamides is 1. The van der Waals surface area contributed by atoms with Crippen molar-refractivity contribution in [3.8, 4) is 11.8 Å². The molecule has 2 aromatic carbocycles. The van der Waals surface area contributed by atoms with Gasteiger partial charge in [-0.25, -0.2) is 18.4 Å². The first-order valence-electron chi connectivity index (χ1n) is 10.4. The SMILES string of the molecule is Cn1c2c(c(=O)n(Cc3ccc(S(N)(=O)=O)cc3)c1=O)CN(CC#Cc1ccccc1)CC2. The largest absolute Gasteiger partial charge is 0.331 e. The molecule has 0 saturated heterocycles. The first kappa shape index (κ1) is 22.7. The summed E-state index contributed by atoms with van der Waals surface area (Å²) < 4.78 is 25.6. The second-order valence-corrected chi connectivity index (χ2v) is 9.54. The molecule has 0 unspecified atom stereocenters. The highest BCUT2D eigenvalue weighted by Crippen LogP contribution is 2.14. The van der Waals surface area contributed by atoms with Crippen molar-refractivity contribution in [3.05, 3.63) is 97.8 Å². The Morgan fingerprint density at radius 2 is 1.73 bits per heavy atom.